The SMILES string of the molecule is C/C=C/C=C\C=C/c1cc2c(c3ccccc13)-c1c(cc(C)c3ccccc13)C2(C)C.C=C/C=C\C(C)CC.Cc1ccccc1.Cc1ccccc1. The molecule has 1 atom stereocenters. The number of aryl methyl sites for hydroxylation is 3. The molecule has 53 heavy (non-hydrogen) atoms. The summed E-state index contributed by atoms with van der Waals surface area (Å²) in [6.07, 6.45) is 19.8. The second-order valence-electron chi connectivity index (χ2n) is 14.3. The Morgan fingerprint density at radius 2 is 1.06 bits per heavy atom. The molecule has 0 bridgehead atoms. The first kappa shape index (κ1) is 40.3. The number of allylic oxidation sites excluding steroid dienone is 8. The molecule has 0 aromatic heterocycles. The van der Waals surface area contributed by atoms with Crippen molar-refractivity contribution in [2.75, 3.05) is 0 Å². The zero-order valence-electron chi connectivity index (χ0n) is 33.2. The number of rotatable bonds is 6. The Hall–Kier alpha value is -5.46. The molecule has 0 nitrogen and oxygen atoms in total. The molecule has 0 N–H and O–H groups in total. The van der Waals surface area contributed by atoms with Crippen LogP contribution in [0.4, 0.5) is 0 Å². The maximum absolute atomic E-state index is 3.58. The lowest BCUT2D eigenvalue weighted by atomic mass is 9.80. The Bertz CT molecular complexity index is 2150. The molecule has 0 fully saturated rings. The van der Waals surface area contributed by atoms with Crippen LogP contribution in [0.25, 0.3) is 38.7 Å². The lowest BCUT2D eigenvalue weighted by Gasteiger charge is -2.23. The van der Waals surface area contributed by atoms with Crippen LogP contribution in [0.1, 0.15) is 74.4 Å². The van der Waals surface area contributed by atoms with Gasteiger partial charge in [-0.2, -0.15) is 0 Å². The first-order chi connectivity index (χ1) is 25.6. The topological polar surface area (TPSA) is 0 Å². The first-order valence-electron chi connectivity index (χ1n) is 19.0. The van der Waals surface area contributed by atoms with Gasteiger partial charge in [0.1, 0.15) is 0 Å². The number of benzene rings is 6. The molecule has 0 saturated carbocycles. The highest BCUT2D eigenvalue weighted by atomic mass is 14.4. The van der Waals surface area contributed by atoms with Gasteiger partial charge < -0.3 is 0 Å². The average Bonchev–Trinajstić information content (AvgIpc) is 3.40. The van der Waals surface area contributed by atoms with Gasteiger partial charge in [0, 0.05) is 5.41 Å². The highest BCUT2D eigenvalue weighted by molar-refractivity contribution is 6.13. The van der Waals surface area contributed by atoms with Crippen LogP contribution in [-0.4, -0.2) is 0 Å². The second kappa shape index (κ2) is 20.0. The van der Waals surface area contributed by atoms with Crippen molar-refractivity contribution in [2.24, 2.45) is 5.92 Å². The van der Waals surface area contributed by atoms with Gasteiger partial charge in [-0.15, -0.1) is 0 Å². The van der Waals surface area contributed by atoms with Gasteiger partial charge >= 0.3 is 0 Å². The van der Waals surface area contributed by atoms with Gasteiger partial charge in [0.05, 0.1) is 0 Å². The van der Waals surface area contributed by atoms with Gasteiger partial charge in [0.2, 0.25) is 0 Å². The molecular weight excluding hydrogens is 637 g/mol. The maximum atomic E-state index is 3.58. The van der Waals surface area contributed by atoms with Crippen molar-refractivity contribution in [3.63, 3.8) is 0 Å². The van der Waals surface area contributed by atoms with E-state index in [2.05, 4.69) is 176 Å². The van der Waals surface area contributed by atoms with Gasteiger partial charge in [-0.25, -0.2) is 0 Å². The molecular formula is C53H58. The van der Waals surface area contributed by atoms with E-state index in [1.165, 1.54) is 72.5 Å². The van der Waals surface area contributed by atoms with Crippen molar-refractivity contribution in [2.45, 2.75) is 67.2 Å². The minimum atomic E-state index is -0.0349. The second-order valence-corrected chi connectivity index (χ2v) is 14.3. The minimum Gasteiger partial charge on any atom is -0.0991 e. The molecule has 7 rings (SSSR count). The van der Waals surface area contributed by atoms with E-state index < -0.39 is 0 Å². The summed E-state index contributed by atoms with van der Waals surface area (Å²) < 4.78 is 0. The summed E-state index contributed by atoms with van der Waals surface area (Å²) in [6, 6.07) is 43.1. The summed E-state index contributed by atoms with van der Waals surface area (Å²) in [5.74, 6) is 0.702. The standard InChI is InChI=1S/C31H28.C8H14.2C7H8/c1-5-6-7-8-9-14-22-20-28-30(26-18-13-11-16-24(22)26)29-25-17-12-10-15-23(25)21(2)19-27(29)31(28,3)4;1-4-6-7-8(3)5-2;2*1-7-5-3-2-4-6-7/h5-20H,1-4H3;4,6-8H,1,5H2,2-3H3;2*2-6H,1H3/b6-5+,8-7-,14-9-;7-6-;;. The quantitative estimate of drug-likeness (QED) is 0.152. The van der Waals surface area contributed by atoms with Gasteiger partial charge in [-0.1, -0.05) is 222 Å². The van der Waals surface area contributed by atoms with Crippen LogP contribution in [0.3, 0.4) is 0 Å². The third-order valence-corrected chi connectivity index (χ3v) is 9.83. The van der Waals surface area contributed by atoms with Gasteiger partial charge in [-0.3, -0.25) is 0 Å². The van der Waals surface area contributed by atoms with Crippen LogP contribution >= 0.6 is 0 Å². The van der Waals surface area contributed by atoms with Crippen LogP contribution in [0.5, 0.6) is 0 Å². The fourth-order valence-electron chi connectivity index (χ4n) is 6.64. The smallest absolute Gasteiger partial charge is 0.0159 e. The largest absolute Gasteiger partial charge is 0.0991 e. The molecule has 0 heteroatoms. The van der Waals surface area contributed by atoms with E-state index in [4.69, 9.17) is 0 Å². The Labute approximate surface area is 320 Å². The molecule has 1 aliphatic carbocycles. The molecule has 0 saturated heterocycles. The Balaban J connectivity index is 0.000000230. The molecule has 270 valence electrons. The Morgan fingerprint density at radius 1 is 0.585 bits per heavy atom. The molecule has 6 aromatic rings. The normalized spacial score (nSPS) is 13.2. The van der Waals surface area contributed by atoms with Crippen LogP contribution in [0, 0.1) is 26.7 Å². The maximum Gasteiger partial charge on any atom is 0.0159 e. The fourth-order valence-corrected chi connectivity index (χ4v) is 6.64. The molecule has 1 unspecified atom stereocenters. The monoisotopic (exact) mass is 694 g/mol. The van der Waals surface area contributed by atoms with E-state index >= 15 is 0 Å². The molecule has 0 aliphatic heterocycles. The summed E-state index contributed by atoms with van der Waals surface area (Å²) in [4.78, 5) is 0. The zero-order chi connectivity index (χ0) is 38.2. The fraction of sp³-hybridized carbons (Fsp3) is 0.208. The third-order valence-electron chi connectivity index (χ3n) is 9.83. The first-order valence-corrected chi connectivity index (χ1v) is 19.0. The van der Waals surface area contributed by atoms with Crippen molar-refractivity contribution in [1.29, 1.82) is 0 Å². The average molecular weight is 695 g/mol. The third kappa shape index (κ3) is 10.6. The van der Waals surface area contributed by atoms with Crippen LogP contribution < -0.4 is 0 Å². The zero-order valence-corrected chi connectivity index (χ0v) is 33.2. The van der Waals surface area contributed by atoms with E-state index in [0.717, 1.165) is 0 Å². The molecule has 0 radical (unpaired) electrons. The van der Waals surface area contributed by atoms with E-state index in [0.29, 0.717) is 5.92 Å². The molecule has 1 aliphatic rings. The van der Waals surface area contributed by atoms with E-state index in [9.17, 15) is 0 Å². The van der Waals surface area contributed by atoms with E-state index in [1.54, 1.807) is 0 Å². The summed E-state index contributed by atoms with van der Waals surface area (Å²) in [7, 11) is 0. The molecule has 0 spiro atoms. The van der Waals surface area contributed by atoms with E-state index in [-0.39, 0.29) is 5.41 Å². The van der Waals surface area contributed by atoms with Gasteiger partial charge in [-0.05, 0) is 94.6 Å². The number of hydrogen-bond donors (Lipinski definition) is 0. The minimum absolute atomic E-state index is 0.0349. The number of hydrogen-bond acceptors (Lipinski definition) is 0. The van der Waals surface area contributed by atoms with Crippen molar-refractivity contribution < 1.29 is 0 Å². The van der Waals surface area contributed by atoms with Crippen LogP contribution in [0.2, 0.25) is 0 Å². The van der Waals surface area contributed by atoms with Crippen molar-refractivity contribution >= 4 is 27.6 Å². The lowest BCUT2D eigenvalue weighted by molar-refractivity contribution is 0.660. The lowest BCUT2D eigenvalue weighted by Crippen LogP contribution is -2.15. The summed E-state index contributed by atoms with van der Waals surface area (Å²) in [5.41, 5.74) is 10.9. The van der Waals surface area contributed by atoms with Gasteiger partial charge in [0.15, 0.2) is 0 Å². The molecule has 6 aromatic carbocycles. The number of fused-ring (bicyclic) bond motifs is 7. The summed E-state index contributed by atoms with van der Waals surface area (Å²) in [5, 5.41) is 5.38. The summed E-state index contributed by atoms with van der Waals surface area (Å²) >= 11 is 0. The Morgan fingerprint density at radius 3 is 1.55 bits per heavy atom. The predicted molar refractivity (Wildman–Crippen MR) is 238 cm³/mol. The van der Waals surface area contributed by atoms with Crippen molar-refractivity contribution in [1.82, 2.24) is 0 Å². The molecule has 0 heterocycles. The van der Waals surface area contributed by atoms with Crippen molar-refractivity contribution in [3.8, 4) is 11.1 Å². The van der Waals surface area contributed by atoms with Crippen LogP contribution in [0.15, 0.2) is 177 Å². The van der Waals surface area contributed by atoms with E-state index in [1.807, 2.05) is 61.5 Å². The summed E-state index contributed by atoms with van der Waals surface area (Å²) in [6.45, 7) is 21.1. The van der Waals surface area contributed by atoms with Gasteiger partial charge in [0.25, 0.3) is 0 Å². The highest BCUT2D eigenvalue weighted by Crippen LogP contribution is 2.54. The highest BCUT2D eigenvalue weighted by Gasteiger charge is 2.38. The van der Waals surface area contributed by atoms with Crippen molar-refractivity contribution in [3.05, 3.63) is 210 Å². The predicted octanol–water partition coefficient (Wildman–Crippen LogP) is 15.5. The Kier molecular flexibility index (Phi) is 15.2. The van der Waals surface area contributed by atoms with Crippen LogP contribution in [-0.2, 0) is 5.41 Å². The molecule has 0 amide bonds.